The number of hydrogen-bond acceptors (Lipinski definition) is 8. The summed E-state index contributed by atoms with van der Waals surface area (Å²) in [4.78, 5) is 28.0. The fraction of sp³-hybridized carbons (Fsp3) is 0.692. The third kappa shape index (κ3) is 7.44. The lowest BCUT2D eigenvalue weighted by Gasteiger charge is -2.56. The second-order valence-electron chi connectivity index (χ2n) is 14.3. The topological polar surface area (TPSA) is 106 Å². The van der Waals surface area contributed by atoms with E-state index in [4.69, 9.17) is 14.2 Å². The summed E-state index contributed by atoms with van der Waals surface area (Å²) >= 11 is 0. The van der Waals surface area contributed by atoms with Gasteiger partial charge >= 0.3 is 11.9 Å². The lowest BCUT2D eigenvalue weighted by molar-refractivity contribution is -0.168. The van der Waals surface area contributed by atoms with Crippen molar-refractivity contribution in [1.82, 2.24) is 4.90 Å². The molecule has 0 radical (unpaired) electrons. The third-order valence-electron chi connectivity index (χ3n) is 11.1. The van der Waals surface area contributed by atoms with E-state index in [0.717, 1.165) is 56.2 Å². The number of aromatic hydroxyl groups is 1. The van der Waals surface area contributed by atoms with Gasteiger partial charge in [0.1, 0.15) is 5.76 Å². The van der Waals surface area contributed by atoms with E-state index in [1.807, 2.05) is 13.1 Å². The molecule has 2 aliphatic carbocycles. The molecule has 2 aliphatic heterocycles. The predicted octanol–water partition coefficient (Wildman–Crippen LogP) is 7.57. The number of unbranched alkanes of at least 4 members (excludes halogenated alkanes) is 11. The summed E-state index contributed by atoms with van der Waals surface area (Å²) < 4.78 is 17.7. The van der Waals surface area contributed by atoms with Gasteiger partial charge in [-0.15, -0.1) is 0 Å². The van der Waals surface area contributed by atoms with Crippen LogP contribution in [0.5, 0.6) is 11.5 Å². The number of allylic oxidation sites excluding steroid dienone is 2. The van der Waals surface area contributed by atoms with Gasteiger partial charge in [0.2, 0.25) is 0 Å². The number of aliphatic hydroxyl groups is 1. The number of phenols is 1. The second-order valence-corrected chi connectivity index (χ2v) is 14.3. The molecule has 8 heteroatoms. The second kappa shape index (κ2) is 16.0. The van der Waals surface area contributed by atoms with Crippen LogP contribution in [0.25, 0.3) is 0 Å². The molecule has 0 unspecified atom stereocenters. The number of nitrogens with zero attached hydrogens (tertiary/aromatic N) is 1. The summed E-state index contributed by atoms with van der Waals surface area (Å²) in [6, 6.07) is 3.43. The molecular formula is C39H57NO7. The molecule has 0 aromatic heterocycles. The molecule has 260 valence electrons. The number of rotatable bonds is 18. The molecule has 2 N–H and O–H groups in total. The Kier molecular flexibility index (Phi) is 12.1. The van der Waals surface area contributed by atoms with Crippen molar-refractivity contribution in [3.05, 3.63) is 47.2 Å². The van der Waals surface area contributed by atoms with Crippen LogP contribution in [0.2, 0.25) is 0 Å². The lowest BCUT2D eigenvalue weighted by atomic mass is 9.52. The molecule has 5 rings (SSSR count). The summed E-state index contributed by atoms with van der Waals surface area (Å²) in [6.07, 6.45) is 22.6. The Morgan fingerprint density at radius 1 is 1.04 bits per heavy atom. The molecular weight excluding hydrogens is 594 g/mol. The Hall–Kier alpha value is -2.84. The van der Waals surface area contributed by atoms with Crippen LogP contribution in [-0.2, 0) is 30.9 Å². The van der Waals surface area contributed by atoms with E-state index in [-0.39, 0.29) is 18.2 Å². The van der Waals surface area contributed by atoms with Crippen LogP contribution in [-0.4, -0.2) is 64.5 Å². The van der Waals surface area contributed by atoms with E-state index in [1.165, 1.54) is 58.3 Å². The fourth-order valence-corrected chi connectivity index (χ4v) is 8.54. The maximum atomic E-state index is 13.2. The van der Waals surface area contributed by atoms with Crippen molar-refractivity contribution in [3.8, 4) is 11.5 Å². The molecule has 2 heterocycles. The van der Waals surface area contributed by atoms with Gasteiger partial charge in [-0.1, -0.05) is 76.5 Å². The fourth-order valence-electron chi connectivity index (χ4n) is 8.54. The summed E-state index contributed by atoms with van der Waals surface area (Å²) in [5.41, 5.74) is -0.0997. The van der Waals surface area contributed by atoms with Crippen LogP contribution in [0.3, 0.4) is 0 Å². The number of esters is 2. The minimum absolute atomic E-state index is 0.0227. The minimum Gasteiger partial charge on any atom is -0.504 e. The summed E-state index contributed by atoms with van der Waals surface area (Å²) in [6.45, 7) is 4.61. The van der Waals surface area contributed by atoms with E-state index in [9.17, 15) is 19.8 Å². The van der Waals surface area contributed by atoms with Crippen molar-refractivity contribution < 1.29 is 34.0 Å². The molecule has 0 saturated carbocycles. The van der Waals surface area contributed by atoms with Gasteiger partial charge in [0.25, 0.3) is 0 Å². The summed E-state index contributed by atoms with van der Waals surface area (Å²) in [5, 5.41) is 23.2. The van der Waals surface area contributed by atoms with Crippen molar-refractivity contribution >= 4 is 11.9 Å². The average Bonchev–Trinajstić information content (AvgIpc) is 3.39. The van der Waals surface area contributed by atoms with E-state index >= 15 is 0 Å². The Morgan fingerprint density at radius 2 is 1.72 bits per heavy atom. The monoisotopic (exact) mass is 651 g/mol. The maximum absolute atomic E-state index is 13.2. The van der Waals surface area contributed by atoms with Gasteiger partial charge in [-0.2, -0.15) is 0 Å². The summed E-state index contributed by atoms with van der Waals surface area (Å²) in [7, 11) is 2.05. The molecule has 5 atom stereocenters. The van der Waals surface area contributed by atoms with Crippen LogP contribution in [0.15, 0.2) is 36.1 Å². The first kappa shape index (κ1) is 35.5. The molecule has 1 fully saturated rings. The van der Waals surface area contributed by atoms with Gasteiger partial charge in [0.15, 0.2) is 23.7 Å². The van der Waals surface area contributed by atoms with Crippen molar-refractivity contribution in [3.63, 3.8) is 0 Å². The van der Waals surface area contributed by atoms with Gasteiger partial charge in [-0.3, -0.25) is 4.79 Å². The predicted molar refractivity (Wildman–Crippen MR) is 182 cm³/mol. The standard InChI is InChI=1S/C39H57NO7/c1-4-5-6-7-8-9-10-11-12-13-14-15-16-17-18-20-33(42)45-28(2)37(43)46-31-23-25-39(44)32-27-29-21-22-30(41)35-34(29)38(39,36(31)47-35)24-19-26-40(32)3/h11-12,21-23,28,32,36,41,44H,4-10,13-20,24-27H2,1-3H3/b12-11-/t28-,32+,36-,38-,39+/m0/s1. The van der Waals surface area contributed by atoms with Crippen LogP contribution in [0, 0.1) is 0 Å². The van der Waals surface area contributed by atoms with Crippen molar-refractivity contribution in [2.24, 2.45) is 0 Å². The zero-order valence-electron chi connectivity index (χ0n) is 28.9. The zero-order chi connectivity index (χ0) is 33.4. The van der Waals surface area contributed by atoms with Crippen LogP contribution in [0.1, 0.15) is 134 Å². The highest BCUT2D eigenvalue weighted by atomic mass is 16.6. The maximum Gasteiger partial charge on any atom is 0.352 e. The molecule has 4 aliphatic rings. The molecule has 8 nitrogen and oxygen atoms in total. The molecule has 0 amide bonds. The number of likely N-dealkylation sites (N-methyl/N-ethyl adjacent to an activating group) is 1. The molecule has 2 bridgehead atoms. The van der Waals surface area contributed by atoms with E-state index in [0.29, 0.717) is 30.8 Å². The Labute approximate surface area is 281 Å². The number of carbonyl (C=O) groups is 2. The SMILES string of the molecule is CCCCCCCC/C=C\CCCCCCCC(=O)O[C@@H](C)C(=O)OC1=CC[C@@]2(O)[C@H]3Cc4ccc(O)c5c4[C@@]2(CCCN3C)[C@H]1O5. The van der Waals surface area contributed by atoms with Gasteiger partial charge < -0.3 is 29.3 Å². The smallest absolute Gasteiger partial charge is 0.352 e. The number of benzene rings is 1. The van der Waals surface area contributed by atoms with E-state index in [1.54, 1.807) is 12.1 Å². The molecule has 1 saturated heterocycles. The third-order valence-corrected chi connectivity index (χ3v) is 11.1. The van der Waals surface area contributed by atoms with Gasteiger partial charge in [-0.05, 0) is 89.6 Å². The number of ether oxygens (including phenoxy) is 3. The zero-order valence-corrected chi connectivity index (χ0v) is 28.9. The van der Waals surface area contributed by atoms with Gasteiger partial charge in [0, 0.05) is 24.4 Å². The number of hydrogen-bond donors (Lipinski definition) is 2. The number of likely N-dealkylation sites (tertiary alicyclic amines) is 1. The minimum atomic E-state index is -1.15. The normalized spacial score (nSPS) is 26.7. The highest BCUT2D eigenvalue weighted by Crippen LogP contribution is 2.64. The number of phenolic OH excluding ortho intramolecular Hbond substituents is 1. The largest absolute Gasteiger partial charge is 0.504 e. The first-order valence-corrected chi connectivity index (χ1v) is 18.4. The van der Waals surface area contributed by atoms with Crippen molar-refractivity contribution in [2.75, 3.05) is 13.6 Å². The molecule has 1 aromatic carbocycles. The van der Waals surface area contributed by atoms with Gasteiger partial charge in [0.05, 0.1) is 11.0 Å². The highest BCUT2D eigenvalue weighted by molar-refractivity contribution is 5.80. The first-order valence-electron chi connectivity index (χ1n) is 18.4. The van der Waals surface area contributed by atoms with E-state index < -0.39 is 35.2 Å². The van der Waals surface area contributed by atoms with Crippen LogP contribution >= 0.6 is 0 Å². The van der Waals surface area contributed by atoms with Crippen LogP contribution < -0.4 is 4.74 Å². The Balaban J connectivity index is 1.05. The van der Waals surface area contributed by atoms with E-state index in [2.05, 4.69) is 24.0 Å². The quantitative estimate of drug-likeness (QED) is 0.0952. The van der Waals surface area contributed by atoms with Crippen LogP contribution in [0.4, 0.5) is 0 Å². The average molecular weight is 652 g/mol. The summed E-state index contributed by atoms with van der Waals surface area (Å²) in [5.74, 6) is -0.366. The van der Waals surface area contributed by atoms with Crippen molar-refractivity contribution in [2.45, 2.75) is 159 Å². The lowest BCUT2D eigenvalue weighted by Crippen LogP contribution is -2.69. The van der Waals surface area contributed by atoms with Gasteiger partial charge in [-0.25, -0.2) is 4.79 Å². The Morgan fingerprint density at radius 3 is 2.45 bits per heavy atom. The molecule has 1 spiro atoms. The Bertz CT molecular complexity index is 1310. The first-order chi connectivity index (χ1) is 22.7. The molecule has 47 heavy (non-hydrogen) atoms. The molecule has 1 aromatic rings. The highest BCUT2D eigenvalue weighted by Gasteiger charge is 2.71. The number of carbonyl (C=O) groups excluding carboxylic acids is 2. The van der Waals surface area contributed by atoms with Crippen molar-refractivity contribution in [1.29, 1.82) is 0 Å².